The summed E-state index contributed by atoms with van der Waals surface area (Å²) in [6.45, 7) is 9.56. The molecule has 1 saturated heterocycles. The van der Waals surface area contributed by atoms with Crippen LogP contribution >= 0.6 is 0 Å². The van der Waals surface area contributed by atoms with Crippen LogP contribution < -0.4 is 10.1 Å². The van der Waals surface area contributed by atoms with Gasteiger partial charge in [0, 0.05) is 25.7 Å². The van der Waals surface area contributed by atoms with Gasteiger partial charge >= 0.3 is 0 Å². The smallest absolute Gasteiger partial charge is 0.122 e. The molecular weight excluding hydrogens is 224 g/mol. The zero-order chi connectivity index (χ0) is 12.8. The van der Waals surface area contributed by atoms with E-state index in [2.05, 4.69) is 30.1 Å². The number of para-hydroxylation sites is 1. The number of nitrogens with one attached hydrogen (secondary N) is 1. The predicted molar refractivity (Wildman–Crippen MR) is 75.2 cm³/mol. The van der Waals surface area contributed by atoms with E-state index in [0.29, 0.717) is 6.04 Å². The Kier molecular flexibility index (Phi) is 5.02. The van der Waals surface area contributed by atoms with Gasteiger partial charge in [-0.1, -0.05) is 25.1 Å². The highest BCUT2D eigenvalue weighted by Crippen LogP contribution is 2.16. The van der Waals surface area contributed by atoms with Crippen LogP contribution in [0.1, 0.15) is 18.9 Å². The summed E-state index contributed by atoms with van der Waals surface area (Å²) in [6, 6.07) is 8.93. The highest BCUT2D eigenvalue weighted by atomic mass is 16.5. The molecule has 1 aromatic rings. The standard InChI is InChI=1S/C15H24N2O/c1-3-8-17(14-11-16-12-14)9-10-18-15-7-5-4-6-13(15)2/h4-7,14,16H,3,8-12H2,1-2H3. The minimum Gasteiger partial charge on any atom is -0.492 e. The van der Waals surface area contributed by atoms with Gasteiger partial charge in [0.25, 0.3) is 0 Å². The molecule has 0 spiro atoms. The van der Waals surface area contributed by atoms with Gasteiger partial charge in [-0.15, -0.1) is 0 Å². The van der Waals surface area contributed by atoms with Crippen molar-refractivity contribution >= 4 is 0 Å². The molecule has 0 amide bonds. The molecule has 0 atom stereocenters. The van der Waals surface area contributed by atoms with Gasteiger partial charge in [-0.25, -0.2) is 0 Å². The van der Waals surface area contributed by atoms with Crippen molar-refractivity contribution in [1.29, 1.82) is 0 Å². The van der Waals surface area contributed by atoms with E-state index in [1.54, 1.807) is 0 Å². The Morgan fingerprint density at radius 3 is 2.67 bits per heavy atom. The van der Waals surface area contributed by atoms with Gasteiger partial charge in [0.05, 0.1) is 0 Å². The normalized spacial score (nSPS) is 15.7. The van der Waals surface area contributed by atoms with Gasteiger partial charge in [0.1, 0.15) is 12.4 Å². The van der Waals surface area contributed by atoms with E-state index >= 15 is 0 Å². The van der Waals surface area contributed by atoms with E-state index in [4.69, 9.17) is 4.74 Å². The molecule has 100 valence electrons. The second-order valence-corrected chi connectivity index (χ2v) is 4.96. The molecule has 0 unspecified atom stereocenters. The second kappa shape index (κ2) is 6.76. The van der Waals surface area contributed by atoms with Crippen molar-refractivity contribution in [3.8, 4) is 5.75 Å². The fraction of sp³-hybridized carbons (Fsp3) is 0.600. The average molecular weight is 248 g/mol. The molecule has 0 aromatic heterocycles. The first-order chi connectivity index (χ1) is 8.81. The van der Waals surface area contributed by atoms with Crippen LogP contribution in [0, 0.1) is 6.92 Å². The number of aryl methyl sites for hydroxylation is 1. The molecule has 1 aliphatic rings. The number of benzene rings is 1. The van der Waals surface area contributed by atoms with Crippen molar-refractivity contribution in [2.45, 2.75) is 26.3 Å². The zero-order valence-electron chi connectivity index (χ0n) is 11.5. The maximum Gasteiger partial charge on any atom is 0.122 e. The van der Waals surface area contributed by atoms with Crippen LogP contribution in [0.25, 0.3) is 0 Å². The first-order valence-electron chi connectivity index (χ1n) is 6.94. The largest absolute Gasteiger partial charge is 0.492 e. The lowest BCUT2D eigenvalue weighted by Gasteiger charge is -2.38. The molecule has 3 nitrogen and oxygen atoms in total. The number of nitrogens with zero attached hydrogens (tertiary/aromatic N) is 1. The zero-order valence-corrected chi connectivity index (χ0v) is 11.5. The molecule has 18 heavy (non-hydrogen) atoms. The van der Waals surface area contributed by atoms with E-state index in [9.17, 15) is 0 Å². The van der Waals surface area contributed by atoms with Gasteiger partial charge in [-0.3, -0.25) is 4.90 Å². The van der Waals surface area contributed by atoms with Gasteiger partial charge < -0.3 is 10.1 Å². The summed E-state index contributed by atoms with van der Waals surface area (Å²) in [6.07, 6.45) is 1.21. The average Bonchev–Trinajstić information content (AvgIpc) is 2.29. The van der Waals surface area contributed by atoms with Crippen LogP contribution in [0.4, 0.5) is 0 Å². The van der Waals surface area contributed by atoms with E-state index in [1.807, 2.05) is 18.2 Å². The van der Waals surface area contributed by atoms with Crippen LogP contribution in [0.2, 0.25) is 0 Å². The lowest BCUT2D eigenvalue weighted by molar-refractivity contribution is 0.122. The Morgan fingerprint density at radius 2 is 2.06 bits per heavy atom. The Labute approximate surface area is 110 Å². The van der Waals surface area contributed by atoms with E-state index < -0.39 is 0 Å². The van der Waals surface area contributed by atoms with Crippen LogP contribution in [0.3, 0.4) is 0 Å². The maximum atomic E-state index is 5.87. The molecule has 0 aliphatic carbocycles. The third-order valence-electron chi connectivity index (χ3n) is 3.52. The first-order valence-corrected chi connectivity index (χ1v) is 6.94. The van der Waals surface area contributed by atoms with Gasteiger partial charge in [-0.2, -0.15) is 0 Å². The van der Waals surface area contributed by atoms with Crippen molar-refractivity contribution < 1.29 is 4.74 Å². The number of ether oxygens (including phenoxy) is 1. The SMILES string of the molecule is CCCN(CCOc1ccccc1C)C1CNC1. The van der Waals surface area contributed by atoms with Gasteiger partial charge in [0.15, 0.2) is 0 Å². The highest BCUT2D eigenvalue weighted by molar-refractivity contribution is 5.31. The Balaban J connectivity index is 1.77. The molecule has 0 bridgehead atoms. The maximum absolute atomic E-state index is 5.87. The summed E-state index contributed by atoms with van der Waals surface area (Å²) in [4.78, 5) is 2.54. The van der Waals surface area contributed by atoms with E-state index in [1.165, 1.54) is 18.5 Å². The van der Waals surface area contributed by atoms with Crippen molar-refractivity contribution in [2.24, 2.45) is 0 Å². The third-order valence-corrected chi connectivity index (χ3v) is 3.52. The Morgan fingerprint density at radius 1 is 1.28 bits per heavy atom. The number of rotatable bonds is 7. The number of hydrogen-bond donors (Lipinski definition) is 1. The van der Waals surface area contributed by atoms with E-state index in [-0.39, 0.29) is 0 Å². The van der Waals surface area contributed by atoms with Crippen molar-refractivity contribution in [3.05, 3.63) is 29.8 Å². The molecule has 1 fully saturated rings. The van der Waals surface area contributed by atoms with Crippen LogP contribution in [-0.2, 0) is 0 Å². The molecule has 0 saturated carbocycles. The quantitative estimate of drug-likeness (QED) is 0.799. The summed E-state index contributed by atoms with van der Waals surface area (Å²) in [5.41, 5.74) is 1.21. The lowest BCUT2D eigenvalue weighted by Crippen LogP contribution is -2.58. The minimum atomic E-state index is 0.713. The van der Waals surface area contributed by atoms with Crippen molar-refractivity contribution in [2.75, 3.05) is 32.8 Å². The first kappa shape index (κ1) is 13.4. The van der Waals surface area contributed by atoms with Crippen molar-refractivity contribution in [1.82, 2.24) is 10.2 Å². The van der Waals surface area contributed by atoms with Crippen LogP contribution in [0.5, 0.6) is 5.75 Å². The molecule has 1 aliphatic heterocycles. The Hall–Kier alpha value is -1.06. The molecule has 3 heteroatoms. The monoisotopic (exact) mass is 248 g/mol. The topological polar surface area (TPSA) is 24.5 Å². The summed E-state index contributed by atoms with van der Waals surface area (Å²) >= 11 is 0. The second-order valence-electron chi connectivity index (χ2n) is 4.96. The summed E-state index contributed by atoms with van der Waals surface area (Å²) in [7, 11) is 0. The third kappa shape index (κ3) is 3.47. The molecule has 0 radical (unpaired) electrons. The molecule has 1 aromatic carbocycles. The molecule has 1 N–H and O–H groups in total. The molecule has 1 heterocycles. The van der Waals surface area contributed by atoms with Crippen LogP contribution in [0.15, 0.2) is 24.3 Å². The molecule has 2 rings (SSSR count). The fourth-order valence-electron chi connectivity index (χ4n) is 2.29. The van der Waals surface area contributed by atoms with Crippen molar-refractivity contribution in [3.63, 3.8) is 0 Å². The van der Waals surface area contributed by atoms with Gasteiger partial charge in [0.2, 0.25) is 0 Å². The fourth-order valence-corrected chi connectivity index (χ4v) is 2.29. The van der Waals surface area contributed by atoms with Gasteiger partial charge in [-0.05, 0) is 31.5 Å². The summed E-state index contributed by atoms with van der Waals surface area (Å²) in [5.74, 6) is 1.01. The Bertz CT molecular complexity index is 363. The predicted octanol–water partition coefficient (Wildman–Crippen LogP) is 2.06. The van der Waals surface area contributed by atoms with E-state index in [0.717, 1.165) is 32.0 Å². The lowest BCUT2D eigenvalue weighted by atomic mass is 10.1. The number of hydrogen-bond acceptors (Lipinski definition) is 3. The summed E-state index contributed by atoms with van der Waals surface area (Å²) < 4.78 is 5.87. The van der Waals surface area contributed by atoms with Crippen LogP contribution in [-0.4, -0.2) is 43.7 Å². The minimum absolute atomic E-state index is 0.713. The highest BCUT2D eigenvalue weighted by Gasteiger charge is 2.23. The molecular formula is C15H24N2O. The summed E-state index contributed by atoms with van der Waals surface area (Å²) in [5, 5.41) is 3.33.